The summed E-state index contributed by atoms with van der Waals surface area (Å²) in [6, 6.07) is 7.90. The van der Waals surface area contributed by atoms with E-state index in [0.717, 1.165) is 33.2 Å². The Kier molecular flexibility index (Phi) is 5.98. The molecule has 0 radical (unpaired) electrons. The van der Waals surface area contributed by atoms with Gasteiger partial charge in [0.05, 0.1) is 7.11 Å². The first-order valence-corrected chi connectivity index (χ1v) is 10.2. The molecule has 0 atom stereocenters. The summed E-state index contributed by atoms with van der Waals surface area (Å²) >= 11 is 1.62. The van der Waals surface area contributed by atoms with Crippen molar-refractivity contribution in [3.63, 3.8) is 0 Å². The van der Waals surface area contributed by atoms with Crippen molar-refractivity contribution < 1.29 is 4.74 Å². The number of rotatable bonds is 7. The number of benzene rings is 1. The molecule has 2 aromatic heterocycles. The topological polar surface area (TPSA) is 71.1 Å². The van der Waals surface area contributed by atoms with Gasteiger partial charge in [0.15, 0.2) is 16.3 Å². The lowest BCUT2D eigenvalue weighted by atomic mass is 10.1. The summed E-state index contributed by atoms with van der Waals surface area (Å²) in [7, 11) is 4.80. The Morgan fingerprint density at radius 2 is 1.79 bits per heavy atom. The second kappa shape index (κ2) is 8.26. The molecule has 0 spiro atoms. The highest BCUT2D eigenvalue weighted by atomic mass is 32.2. The highest BCUT2D eigenvalue weighted by Crippen LogP contribution is 2.24. The van der Waals surface area contributed by atoms with Gasteiger partial charge in [-0.15, -0.1) is 0 Å². The van der Waals surface area contributed by atoms with Crippen LogP contribution >= 0.6 is 11.8 Å². The predicted octanol–water partition coefficient (Wildman–Crippen LogP) is 2.43. The van der Waals surface area contributed by atoms with Crippen molar-refractivity contribution in [1.29, 1.82) is 0 Å². The van der Waals surface area contributed by atoms with Crippen LogP contribution in [0.15, 0.2) is 39.0 Å². The van der Waals surface area contributed by atoms with Crippen molar-refractivity contribution in [1.82, 2.24) is 18.7 Å². The van der Waals surface area contributed by atoms with Gasteiger partial charge in [0.2, 0.25) is 0 Å². The summed E-state index contributed by atoms with van der Waals surface area (Å²) in [4.78, 5) is 29.8. The number of hydrogen-bond acceptors (Lipinski definition) is 5. The maximum absolute atomic E-state index is 12.8. The maximum atomic E-state index is 12.8. The van der Waals surface area contributed by atoms with Crippen LogP contribution in [-0.4, -0.2) is 31.5 Å². The molecule has 150 valence electrons. The number of ether oxygens (including phenoxy) is 1. The van der Waals surface area contributed by atoms with Crippen LogP contribution < -0.4 is 16.0 Å². The molecule has 3 aromatic rings. The third-order valence-corrected chi connectivity index (χ3v) is 6.05. The third kappa shape index (κ3) is 3.87. The molecule has 7 nitrogen and oxygen atoms in total. The van der Waals surface area contributed by atoms with E-state index in [9.17, 15) is 9.59 Å². The fourth-order valence-electron chi connectivity index (χ4n) is 3.02. The molecule has 0 saturated carbocycles. The molecular formula is C20H26N4O3S. The van der Waals surface area contributed by atoms with Gasteiger partial charge in [-0.1, -0.05) is 37.7 Å². The summed E-state index contributed by atoms with van der Waals surface area (Å²) in [5, 5.41) is 0.774. The monoisotopic (exact) mass is 402 g/mol. The third-order valence-electron chi connectivity index (χ3n) is 4.64. The SMILES string of the molecule is COc1ccc(CCn2c(SCC(C)C)nc3c2c(=O)n(C)c(=O)n3C)cc1. The summed E-state index contributed by atoms with van der Waals surface area (Å²) in [6.07, 6.45) is 0.747. The molecule has 0 fully saturated rings. The van der Waals surface area contributed by atoms with E-state index in [1.54, 1.807) is 25.9 Å². The zero-order chi connectivity index (χ0) is 20.4. The van der Waals surface area contributed by atoms with E-state index >= 15 is 0 Å². The number of aryl methyl sites for hydroxylation is 3. The van der Waals surface area contributed by atoms with Gasteiger partial charge in [-0.25, -0.2) is 9.78 Å². The molecule has 3 rings (SSSR count). The molecule has 8 heteroatoms. The van der Waals surface area contributed by atoms with Crippen LogP contribution in [0.5, 0.6) is 5.75 Å². The molecule has 0 aliphatic heterocycles. The van der Waals surface area contributed by atoms with Crippen LogP contribution in [0, 0.1) is 5.92 Å². The van der Waals surface area contributed by atoms with Crippen molar-refractivity contribution in [2.24, 2.45) is 20.0 Å². The number of aromatic nitrogens is 4. The Morgan fingerprint density at radius 3 is 2.39 bits per heavy atom. The first-order chi connectivity index (χ1) is 13.3. The van der Waals surface area contributed by atoms with E-state index in [0.29, 0.717) is 23.6 Å². The zero-order valence-electron chi connectivity index (χ0n) is 16.9. The van der Waals surface area contributed by atoms with Crippen LogP contribution in [0.25, 0.3) is 11.2 Å². The van der Waals surface area contributed by atoms with Crippen LogP contribution in [0.2, 0.25) is 0 Å². The average molecular weight is 403 g/mol. The number of fused-ring (bicyclic) bond motifs is 1. The summed E-state index contributed by atoms with van der Waals surface area (Å²) < 4.78 is 9.75. The van der Waals surface area contributed by atoms with Gasteiger partial charge in [0, 0.05) is 26.4 Å². The van der Waals surface area contributed by atoms with E-state index in [-0.39, 0.29) is 11.2 Å². The highest BCUT2D eigenvalue weighted by molar-refractivity contribution is 7.99. The van der Waals surface area contributed by atoms with Crippen LogP contribution in [0.1, 0.15) is 19.4 Å². The number of methoxy groups -OCH3 is 1. The van der Waals surface area contributed by atoms with E-state index < -0.39 is 0 Å². The van der Waals surface area contributed by atoms with Crippen molar-refractivity contribution in [3.8, 4) is 5.75 Å². The minimum atomic E-state index is -0.363. The molecule has 1 aromatic carbocycles. The van der Waals surface area contributed by atoms with Crippen molar-refractivity contribution >= 4 is 22.9 Å². The van der Waals surface area contributed by atoms with Crippen LogP contribution in [0.3, 0.4) is 0 Å². The quantitative estimate of drug-likeness (QED) is 0.568. The first-order valence-electron chi connectivity index (χ1n) is 9.25. The largest absolute Gasteiger partial charge is 0.497 e. The summed E-state index contributed by atoms with van der Waals surface area (Å²) in [5.74, 6) is 2.19. The van der Waals surface area contributed by atoms with E-state index in [2.05, 4.69) is 18.8 Å². The van der Waals surface area contributed by atoms with Gasteiger partial charge >= 0.3 is 5.69 Å². The van der Waals surface area contributed by atoms with E-state index in [1.165, 1.54) is 11.6 Å². The number of nitrogens with zero attached hydrogens (tertiary/aromatic N) is 4. The Hall–Kier alpha value is -2.48. The zero-order valence-corrected chi connectivity index (χ0v) is 17.7. The van der Waals surface area contributed by atoms with Gasteiger partial charge in [0.1, 0.15) is 5.75 Å². The Morgan fingerprint density at radius 1 is 1.11 bits per heavy atom. The minimum Gasteiger partial charge on any atom is -0.497 e. The van der Waals surface area contributed by atoms with Gasteiger partial charge in [-0.3, -0.25) is 13.9 Å². The fourth-order valence-corrected chi connectivity index (χ4v) is 3.99. The van der Waals surface area contributed by atoms with Crippen LogP contribution in [-0.2, 0) is 27.1 Å². The molecule has 2 heterocycles. The maximum Gasteiger partial charge on any atom is 0.332 e. The lowest BCUT2D eigenvalue weighted by molar-refractivity contribution is 0.414. The standard InChI is InChI=1S/C20H26N4O3S/c1-13(2)12-28-19-21-17-16(18(25)23(4)20(26)22(17)3)24(19)11-10-14-6-8-15(27-5)9-7-14/h6-9,13H,10-12H2,1-5H3. The highest BCUT2D eigenvalue weighted by Gasteiger charge is 2.19. The molecule has 28 heavy (non-hydrogen) atoms. The number of imidazole rings is 1. The second-order valence-electron chi connectivity index (χ2n) is 7.23. The number of hydrogen-bond donors (Lipinski definition) is 0. The normalized spacial score (nSPS) is 11.5. The molecule has 0 bridgehead atoms. The van der Waals surface area contributed by atoms with Gasteiger partial charge in [-0.05, 0) is 30.0 Å². The lowest BCUT2D eigenvalue weighted by Gasteiger charge is -2.10. The van der Waals surface area contributed by atoms with Gasteiger partial charge in [-0.2, -0.15) is 0 Å². The molecule has 0 aliphatic carbocycles. The van der Waals surface area contributed by atoms with Crippen molar-refractivity contribution in [2.75, 3.05) is 12.9 Å². The van der Waals surface area contributed by atoms with Crippen molar-refractivity contribution in [2.45, 2.75) is 32.0 Å². The molecule has 0 amide bonds. The summed E-state index contributed by atoms with van der Waals surface area (Å²) in [5.41, 5.74) is 1.39. The lowest BCUT2D eigenvalue weighted by Crippen LogP contribution is -2.37. The Bertz CT molecular complexity index is 1090. The smallest absolute Gasteiger partial charge is 0.332 e. The average Bonchev–Trinajstić information content (AvgIpc) is 3.06. The van der Waals surface area contributed by atoms with Gasteiger partial charge < -0.3 is 9.30 Å². The molecule has 0 saturated heterocycles. The van der Waals surface area contributed by atoms with E-state index in [4.69, 9.17) is 4.74 Å². The molecular weight excluding hydrogens is 376 g/mol. The second-order valence-corrected chi connectivity index (χ2v) is 8.21. The first kappa shape index (κ1) is 20.3. The summed E-state index contributed by atoms with van der Waals surface area (Å²) in [6.45, 7) is 4.90. The fraction of sp³-hybridized carbons (Fsp3) is 0.450. The van der Waals surface area contributed by atoms with Crippen LogP contribution in [0.4, 0.5) is 0 Å². The Labute approximate surface area is 168 Å². The predicted molar refractivity (Wildman–Crippen MR) is 112 cm³/mol. The van der Waals surface area contributed by atoms with Gasteiger partial charge in [0.25, 0.3) is 5.56 Å². The molecule has 0 aliphatic rings. The Balaban J connectivity index is 2.05. The van der Waals surface area contributed by atoms with Crippen molar-refractivity contribution in [3.05, 3.63) is 50.7 Å². The van der Waals surface area contributed by atoms with E-state index in [1.807, 2.05) is 28.8 Å². The molecule has 0 unspecified atom stereocenters. The number of thioether (sulfide) groups is 1. The molecule has 0 N–H and O–H groups in total. The minimum absolute atomic E-state index is 0.309.